The molecule has 0 radical (unpaired) electrons. The van der Waals surface area contributed by atoms with Crippen LogP contribution in [0.3, 0.4) is 0 Å². The minimum atomic E-state index is -3.91. The molecule has 1 aliphatic rings. The number of aromatic nitrogens is 1. The number of hydrogen-bond acceptors (Lipinski definition) is 5. The van der Waals surface area contributed by atoms with E-state index in [-0.39, 0.29) is 28.6 Å². The number of sulfone groups is 1. The van der Waals surface area contributed by atoms with Crippen LogP contribution in [0.5, 0.6) is 0 Å². The highest BCUT2D eigenvalue weighted by Crippen LogP contribution is 2.23. The van der Waals surface area contributed by atoms with Gasteiger partial charge in [0.25, 0.3) is 0 Å². The molecule has 0 amide bonds. The molecule has 1 atom stereocenters. The van der Waals surface area contributed by atoms with Crippen LogP contribution in [0.2, 0.25) is 0 Å². The molecule has 1 saturated heterocycles. The molecule has 0 aromatic carbocycles. The predicted octanol–water partition coefficient (Wildman–Crippen LogP) is -0.469. The van der Waals surface area contributed by atoms with Crippen molar-refractivity contribution in [3.63, 3.8) is 0 Å². The van der Waals surface area contributed by atoms with Gasteiger partial charge in [-0.1, -0.05) is 0 Å². The zero-order valence-corrected chi connectivity index (χ0v) is 13.2. The molecule has 0 saturated carbocycles. The molecule has 1 aromatic heterocycles. The average Bonchev–Trinajstić information content (AvgIpc) is 2.70. The van der Waals surface area contributed by atoms with Crippen molar-refractivity contribution in [2.24, 2.45) is 7.05 Å². The van der Waals surface area contributed by atoms with Crippen molar-refractivity contribution in [3.05, 3.63) is 18.0 Å². The van der Waals surface area contributed by atoms with Gasteiger partial charge >= 0.3 is 5.97 Å². The van der Waals surface area contributed by atoms with Crippen LogP contribution in [0.1, 0.15) is 17.4 Å². The Labute approximate surface area is 123 Å². The topological polar surface area (TPSA) is 114 Å². The Bertz CT molecular complexity index is 778. The largest absolute Gasteiger partial charge is 0.477 e. The number of nitrogens with zero attached hydrogens (tertiary/aromatic N) is 2. The van der Waals surface area contributed by atoms with E-state index in [1.807, 2.05) is 0 Å². The van der Waals surface area contributed by atoms with Gasteiger partial charge < -0.3 is 9.67 Å². The molecule has 0 spiro atoms. The number of rotatable bonds is 3. The Kier molecular flexibility index (Phi) is 3.89. The monoisotopic (exact) mass is 336 g/mol. The van der Waals surface area contributed by atoms with E-state index >= 15 is 0 Å². The first-order valence-corrected chi connectivity index (χ1v) is 9.42. The molecule has 2 heterocycles. The van der Waals surface area contributed by atoms with Crippen LogP contribution >= 0.6 is 0 Å². The predicted molar refractivity (Wildman–Crippen MR) is 74.4 cm³/mol. The van der Waals surface area contributed by atoms with E-state index in [0.29, 0.717) is 0 Å². The van der Waals surface area contributed by atoms with Crippen LogP contribution in [-0.4, -0.2) is 60.9 Å². The minimum Gasteiger partial charge on any atom is -0.477 e. The lowest BCUT2D eigenvalue weighted by molar-refractivity contribution is 0.0686. The van der Waals surface area contributed by atoms with Crippen molar-refractivity contribution < 1.29 is 26.7 Å². The molecule has 10 heteroatoms. The summed E-state index contributed by atoms with van der Waals surface area (Å²) in [6.07, 6.45) is 1.22. The van der Waals surface area contributed by atoms with Gasteiger partial charge in [0.05, 0.1) is 11.5 Å². The van der Waals surface area contributed by atoms with Crippen LogP contribution in [-0.2, 0) is 26.9 Å². The number of carboxylic acid groups (broad SMARTS) is 1. The summed E-state index contributed by atoms with van der Waals surface area (Å²) in [4.78, 5) is 10.8. The van der Waals surface area contributed by atoms with Crippen LogP contribution < -0.4 is 0 Å². The minimum absolute atomic E-state index is 0.122. The van der Waals surface area contributed by atoms with Gasteiger partial charge in [-0.3, -0.25) is 0 Å². The molecule has 0 aliphatic carbocycles. The fraction of sp³-hybridized carbons (Fsp3) is 0.545. The van der Waals surface area contributed by atoms with Crippen molar-refractivity contribution in [3.8, 4) is 0 Å². The van der Waals surface area contributed by atoms with E-state index in [2.05, 4.69) is 0 Å². The van der Waals surface area contributed by atoms with Crippen molar-refractivity contribution >= 4 is 25.8 Å². The molecule has 1 N–H and O–H groups in total. The Hall–Kier alpha value is -1.39. The Morgan fingerprint density at radius 2 is 2.05 bits per heavy atom. The highest BCUT2D eigenvalue weighted by Gasteiger charge is 2.37. The van der Waals surface area contributed by atoms with Crippen molar-refractivity contribution in [2.75, 3.05) is 18.1 Å². The van der Waals surface area contributed by atoms with E-state index in [1.165, 1.54) is 24.7 Å². The summed E-state index contributed by atoms with van der Waals surface area (Å²) in [6.45, 7) is 1.40. The molecule has 1 unspecified atom stereocenters. The van der Waals surface area contributed by atoms with Crippen molar-refractivity contribution in [2.45, 2.75) is 17.9 Å². The second-order valence-corrected chi connectivity index (χ2v) is 9.18. The van der Waals surface area contributed by atoms with E-state index in [0.717, 1.165) is 10.4 Å². The maximum atomic E-state index is 12.5. The molecular formula is C11H16N2O6S2. The third-order valence-corrected chi connectivity index (χ3v) is 7.19. The second kappa shape index (κ2) is 5.11. The first-order chi connectivity index (χ1) is 9.54. The lowest BCUT2D eigenvalue weighted by atomic mass is 10.4. The standard InChI is InChI=1S/C11H16N2O6S2/c1-8-7-20(16,17)4-3-13(8)21(18,19)9-5-10(11(14)15)12(2)6-9/h5-6,8H,3-4,7H2,1-2H3,(H,14,15). The highest BCUT2D eigenvalue weighted by molar-refractivity contribution is 7.92. The number of aromatic carboxylic acids is 1. The van der Waals surface area contributed by atoms with E-state index < -0.39 is 31.9 Å². The quantitative estimate of drug-likeness (QED) is 0.798. The number of hydrogen-bond donors (Lipinski definition) is 1. The molecule has 21 heavy (non-hydrogen) atoms. The van der Waals surface area contributed by atoms with Crippen LogP contribution in [0.15, 0.2) is 17.2 Å². The SMILES string of the molecule is CC1CS(=O)(=O)CCN1S(=O)(=O)c1cc(C(=O)O)n(C)c1. The average molecular weight is 336 g/mol. The Morgan fingerprint density at radius 3 is 2.52 bits per heavy atom. The first-order valence-electron chi connectivity index (χ1n) is 6.16. The van der Waals surface area contributed by atoms with Gasteiger partial charge in [0, 0.05) is 25.8 Å². The fourth-order valence-electron chi connectivity index (χ4n) is 2.36. The summed E-state index contributed by atoms with van der Waals surface area (Å²) < 4.78 is 50.4. The van der Waals surface area contributed by atoms with Gasteiger partial charge in [0.1, 0.15) is 10.6 Å². The summed E-state index contributed by atoms with van der Waals surface area (Å²) in [5.41, 5.74) is -0.147. The molecule has 118 valence electrons. The lowest BCUT2D eigenvalue weighted by Gasteiger charge is -2.31. The second-order valence-electron chi connectivity index (χ2n) is 5.06. The summed E-state index contributed by atoms with van der Waals surface area (Å²) in [5.74, 6) is -1.69. The molecule has 2 rings (SSSR count). The Balaban J connectivity index is 2.39. The maximum Gasteiger partial charge on any atom is 0.352 e. The fourth-order valence-corrected chi connectivity index (χ4v) is 5.83. The number of carbonyl (C=O) groups is 1. The van der Waals surface area contributed by atoms with Gasteiger partial charge in [0.2, 0.25) is 10.0 Å². The number of carboxylic acids is 1. The smallest absolute Gasteiger partial charge is 0.352 e. The third-order valence-electron chi connectivity index (χ3n) is 3.41. The third kappa shape index (κ3) is 2.97. The van der Waals surface area contributed by atoms with Gasteiger partial charge in [-0.15, -0.1) is 0 Å². The summed E-state index contributed by atoms with van der Waals surface area (Å²) in [7, 11) is -5.70. The number of sulfonamides is 1. The molecule has 0 bridgehead atoms. The Morgan fingerprint density at radius 1 is 1.43 bits per heavy atom. The normalized spacial score (nSPS) is 23.0. The lowest BCUT2D eigenvalue weighted by Crippen LogP contribution is -2.49. The zero-order chi connectivity index (χ0) is 16.0. The zero-order valence-electron chi connectivity index (χ0n) is 11.6. The van der Waals surface area contributed by atoms with Crippen molar-refractivity contribution in [1.82, 2.24) is 8.87 Å². The van der Waals surface area contributed by atoms with E-state index in [9.17, 15) is 21.6 Å². The summed E-state index contributed by atoms with van der Waals surface area (Å²) >= 11 is 0. The number of aryl methyl sites for hydroxylation is 1. The van der Waals surface area contributed by atoms with Crippen molar-refractivity contribution in [1.29, 1.82) is 0 Å². The van der Waals surface area contributed by atoms with Gasteiger partial charge in [-0.05, 0) is 13.0 Å². The van der Waals surface area contributed by atoms with Crippen LogP contribution in [0.25, 0.3) is 0 Å². The molecule has 8 nitrogen and oxygen atoms in total. The summed E-state index contributed by atoms with van der Waals surface area (Å²) in [5, 5.41) is 8.97. The molecule has 1 fully saturated rings. The summed E-state index contributed by atoms with van der Waals surface area (Å²) in [6, 6.07) is 0.398. The molecule has 1 aliphatic heterocycles. The van der Waals surface area contributed by atoms with Crippen LogP contribution in [0.4, 0.5) is 0 Å². The van der Waals surface area contributed by atoms with Crippen LogP contribution in [0, 0.1) is 0 Å². The maximum absolute atomic E-state index is 12.5. The van der Waals surface area contributed by atoms with E-state index in [4.69, 9.17) is 5.11 Å². The highest BCUT2D eigenvalue weighted by atomic mass is 32.2. The first kappa shape index (κ1) is 16.0. The van der Waals surface area contributed by atoms with Gasteiger partial charge in [0.15, 0.2) is 9.84 Å². The van der Waals surface area contributed by atoms with E-state index in [1.54, 1.807) is 0 Å². The molecule has 1 aromatic rings. The van der Waals surface area contributed by atoms with Gasteiger partial charge in [-0.25, -0.2) is 21.6 Å². The van der Waals surface area contributed by atoms with Gasteiger partial charge in [-0.2, -0.15) is 4.31 Å². The molecular weight excluding hydrogens is 320 g/mol.